The number of nitrogens with two attached hydrogens (primary N) is 1. The zero-order chi connectivity index (χ0) is 20.9. The first-order valence-electron chi connectivity index (χ1n) is 9.42. The van der Waals surface area contributed by atoms with Crippen molar-refractivity contribution < 1.29 is 22.6 Å². The summed E-state index contributed by atoms with van der Waals surface area (Å²) in [6.45, 7) is 3.39. The predicted molar refractivity (Wildman–Crippen MR) is 101 cm³/mol. The third kappa shape index (κ3) is 3.21. The molecule has 2 N–H and O–H groups in total. The number of halogens is 3. The monoisotopic (exact) mass is 421 g/mol. The number of rotatable bonds is 2. The van der Waals surface area contributed by atoms with Crippen LogP contribution in [0, 0.1) is 0 Å². The molecule has 1 saturated heterocycles. The Morgan fingerprint density at radius 3 is 2.53 bits per heavy atom. The number of ether oxygens (including phenoxy) is 2. The molecule has 0 amide bonds. The summed E-state index contributed by atoms with van der Waals surface area (Å²) in [6, 6.07) is 0.803. The zero-order valence-electron chi connectivity index (χ0n) is 15.8. The lowest BCUT2D eigenvalue weighted by atomic mass is 10.1. The quantitative estimate of drug-likeness (QED) is 0.669. The highest BCUT2D eigenvalue weighted by atomic mass is 19.4. The molecule has 2 aliphatic rings. The number of imidazole rings is 1. The lowest BCUT2D eigenvalue weighted by molar-refractivity contribution is -0.137. The fourth-order valence-corrected chi connectivity index (χ4v) is 3.70. The van der Waals surface area contributed by atoms with E-state index < -0.39 is 11.7 Å². The minimum Gasteiger partial charge on any atom is -0.384 e. The number of anilines is 2. The summed E-state index contributed by atoms with van der Waals surface area (Å²) in [5.74, 6) is 0.853. The molecule has 0 aliphatic carbocycles. The van der Waals surface area contributed by atoms with Crippen LogP contribution >= 0.6 is 0 Å². The Hall–Kier alpha value is -2.99. The minimum absolute atomic E-state index is 0.0713. The maximum atomic E-state index is 13.7. The average molecular weight is 421 g/mol. The molecule has 158 valence electrons. The van der Waals surface area contributed by atoms with Crippen molar-refractivity contribution in [2.45, 2.75) is 19.3 Å². The van der Waals surface area contributed by atoms with E-state index in [2.05, 4.69) is 19.9 Å². The van der Waals surface area contributed by atoms with Gasteiger partial charge in [0.15, 0.2) is 22.8 Å². The number of fused-ring (bicyclic) bond motifs is 3. The first-order chi connectivity index (χ1) is 14.4. The van der Waals surface area contributed by atoms with Crippen LogP contribution in [0.3, 0.4) is 0 Å². The Morgan fingerprint density at radius 1 is 1.00 bits per heavy atom. The van der Waals surface area contributed by atoms with Crippen LogP contribution in [0.1, 0.15) is 11.4 Å². The van der Waals surface area contributed by atoms with Gasteiger partial charge in [0.05, 0.1) is 30.9 Å². The SMILES string of the molecule is Nc1cc(C(F)(F)F)c(-c2nc(N3CCOCC3)c3nc4n(c3n2)CCOC4)cn1. The third-order valence-corrected chi connectivity index (χ3v) is 5.13. The van der Waals surface area contributed by atoms with E-state index in [4.69, 9.17) is 15.2 Å². The maximum Gasteiger partial charge on any atom is 0.417 e. The van der Waals surface area contributed by atoms with Crippen LogP contribution in [0.4, 0.5) is 24.8 Å². The first-order valence-corrected chi connectivity index (χ1v) is 9.42. The van der Waals surface area contributed by atoms with Crippen molar-refractivity contribution >= 4 is 22.8 Å². The maximum absolute atomic E-state index is 13.7. The van der Waals surface area contributed by atoms with Gasteiger partial charge in [-0.15, -0.1) is 0 Å². The normalized spacial score (nSPS) is 17.4. The van der Waals surface area contributed by atoms with Gasteiger partial charge in [0.25, 0.3) is 0 Å². The number of alkyl halides is 3. The van der Waals surface area contributed by atoms with E-state index in [1.807, 2.05) is 9.47 Å². The molecular weight excluding hydrogens is 403 g/mol. The highest BCUT2D eigenvalue weighted by Gasteiger charge is 2.36. The fraction of sp³-hybridized carbons (Fsp3) is 0.444. The zero-order valence-corrected chi connectivity index (χ0v) is 15.8. The third-order valence-electron chi connectivity index (χ3n) is 5.13. The molecule has 12 heteroatoms. The van der Waals surface area contributed by atoms with Gasteiger partial charge in [-0.25, -0.2) is 19.9 Å². The highest BCUT2D eigenvalue weighted by molar-refractivity contribution is 5.86. The van der Waals surface area contributed by atoms with Crippen LogP contribution in [0.25, 0.3) is 22.6 Å². The van der Waals surface area contributed by atoms with Crippen LogP contribution in [-0.2, 0) is 28.8 Å². The number of pyridine rings is 1. The van der Waals surface area contributed by atoms with Gasteiger partial charge in [-0.05, 0) is 6.07 Å². The molecule has 3 aromatic rings. The second kappa shape index (κ2) is 7.06. The van der Waals surface area contributed by atoms with E-state index in [1.54, 1.807) is 0 Å². The number of morpholine rings is 1. The van der Waals surface area contributed by atoms with Crippen molar-refractivity contribution in [1.29, 1.82) is 0 Å². The largest absolute Gasteiger partial charge is 0.417 e. The Balaban J connectivity index is 1.76. The summed E-state index contributed by atoms with van der Waals surface area (Å²) >= 11 is 0. The van der Waals surface area contributed by atoms with Crippen molar-refractivity contribution in [1.82, 2.24) is 24.5 Å². The Morgan fingerprint density at radius 2 is 1.77 bits per heavy atom. The standard InChI is InChI=1S/C18H18F3N7O2/c19-18(20,21)11-7-12(22)23-8-10(11)15-25-16(27-1-4-29-5-2-27)14-17(26-15)28-3-6-30-9-13(28)24-14/h7-8H,1-6,9H2,(H2,22,23). The topological polar surface area (TPSA) is 104 Å². The van der Waals surface area contributed by atoms with Gasteiger partial charge in [-0.1, -0.05) is 0 Å². The Kier molecular flexibility index (Phi) is 4.47. The molecule has 0 atom stereocenters. The van der Waals surface area contributed by atoms with Gasteiger partial charge in [0.1, 0.15) is 18.2 Å². The average Bonchev–Trinajstić information content (AvgIpc) is 3.12. The molecule has 0 spiro atoms. The Bertz CT molecular complexity index is 1110. The molecule has 30 heavy (non-hydrogen) atoms. The van der Waals surface area contributed by atoms with Gasteiger partial charge < -0.3 is 24.7 Å². The molecule has 2 aliphatic heterocycles. The molecule has 0 radical (unpaired) electrons. The number of nitrogen functional groups attached to an aromatic ring is 1. The summed E-state index contributed by atoms with van der Waals surface area (Å²) in [5, 5.41) is 0. The first kappa shape index (κ1) is 19.0. The molecule has 0 bridgehead atoms. The van der Waals surface area contributed by atoms with Crippen LogP contribution < -0.4 is 10.6 Å². The van der Waals surface area contributed by atoms with E-state index in [9.17, 15) is 13.2 Å². The Labute approximate surface area is 168 Å². The molecule has 5 rings (SSSR count). The minimum atomic E-state index is -4.63. The fourth-order valence-electron chi connectivity index (χ4n) is 3.70. The predicted octanol–water partition coefficient (Wildman–Crippen LogP) is 1.86. The van der Waals surface area contributed by atoms with Crippen LogP contribution in [0.15, 0.2) is 12.3 Å². The molecule has 5 heterocycles. The van der Waals surface area contributed by atoms with Crippen molar-refractivity contribution in [2.75, 3.05) is 43.5 Å². The molecule has 0 saturated carbocycles. The van der Waals surface area contributed by atoms with Gasteiger partial charge in [0, 0.05) is 25.8 Å². The van der Waals surface area contributed by atoms with Crippen molar-refractivity contribution in [3.8, 4) is 11.4 Å². The van der Waals surface area contributed by atoms with E-state index in [1.165, 1.54) is 0 Å². The van der Waals surface area contributed by atoms with Crippen LogP contribution in [-0.4, -0.2) is 57.4 Å². The number of hydrogen-bond donors (Lipinski definition) is 1. The highest BCUT2D eigenvalue weighted by Crippen LogP contribution is 2.38. The van der Waals surface area contributed by atoms with Crippen molar-refractivity contribution in [3.05, 3.63) is 23.7 Å². The summed E-state index contributed by atoms with van der Waals surface area (Å²) < 4.78 is 53.8. The van der Waals surface area contributed by atoms with Crippen LogP contribution in [0.5, 0.6) is 0 Å². The second-order valence-electron chi connectivity index (χ2n) is 7.03. The molecule has 0 unspecified atom stereocenters. The summed E-state index contributed by atoms with van der Waals surface area (Å²) in [4.78, 5) is 19.4. The molecular formula is C18H18F3N7O2. The smallest absolute Gasteiger partial charge is 0.384 e. The lowest BCUT2D eigenvalue weighted by Crippen LogP contribution is -2.37. The number of nitrogens with zero attached hydrogens (tertiary/aromatic N) is 6. The molecule has 9 nitrogen and oxygen atoms in total. The molecule has 0 aromatic carbocycles. The molecule has 1 fully saturated rings. The summed E-state index contributed by atoms with van der Waals surface area (Å²) in [6.07, 6.45) is -3.56. The van der Waals surface area contributed by atoms with Crippen molar-refractivity contribution in [2.24, 2.45) is 0 Å². The van der Waals surface area contributed by atoms with Gasteiger partial charge >= 0.3 is 6.18 Å². The van der Waals surface area contributed by atoms with E-state index in [-0.39, 0.29) is 17.2 Å². The number of aromatic nitrogens is 5. The van der Waals surface area contributed by atoms with Gasteiger partial charge in [-0.2, -0.15) is 13.2 Å². The van der Waals surface area contributed by atoms with E-state index >= 15 is 0 Å². The van der Waals surface area contributed by atoms with Gasteiger partial charge in [0.2, 0.25) is 0 Å². The van der Waals surface area contributed by atoms with Crippen LogP contribution in [0.2, 0.25) is 0 Å². The molecule has 3 aromatic heterocycles. The van der Waals surface area contributed by atoms with Crippen molar-refractivity contribution in [3.63, 3.8) is 0 Å². The number of hydrogen-bond acceptors (Lipinski definition) is 8. The van der Waals surface area contributed by atoms with E-state index in [0.29, 0.717) is 68.9 Å². The summed E-state index contributed by atoms with van der Waals surface area (Å²) in [5.41, 5.74) is 5.38. The lowest BCUT2D eigenvalue weighted by Gasteiger charge is -2.28. The summed E-state index contributed by atoms with van der Waals surface area (Å²) in [7, 11) is 0. The van der Waals surface area contributed by atoms with E-state index in [0.717, 1.165) is 12.3 Å². The van der Waals surface area contributed by atoms with Gasteiger partial charge in [-0.3, -0.25) is 0 Å². The second-order valence-corrected chi connectivity index (χ2v) is 7.03.